The van der Waals surface area contributed by atoms with E-state index in [-0.39, 0.29) is 0 Å². The van der Waals surface area contributed by atoms with E-state index in [2.05, 4.69) is 36.4 Å². The largest absolute Gasteiger partial charge is 0.301 e. The Balaban J connectivity index is 1.95. The van der Waals surface area contributed by atoms with Crippen molar-refractivity contribution >= 4 is 10.9 Å². The van der Waals surface area contributed by atoms with E-state index in [4.69, 9.17) is 4.84 Å². The van der Waals surface area contributed by atoms with E-state index >= 15 is 0 Å². The minimum absolute atomic E-state index is 0.539. The molecule has 0 unspecified atom stereocenters. The third-order valence-electron chi connectivity index (χ3n) is 2.44. The molecule has 1 heterocycles. The highest BCUT2D eigenvalue weighted by Crippen LogP contribution is 2.12. The van der Waals surface area contributed by atoms with Crippen molar-refractivity contribution in [3.63, 3.8) is 0 Å². The molecule has 0 amide bonds. The summed E-state index contributed by atoms with van der Waals surface area (Å²) < 4.78 is 0. The molecule has 1 aromatic heterocycles. The molecule has 0 saturated heterocycles. The third kappa shape index (κ3) is 3.51. The van der Waals surface area contributed by atoms with Gasteiger partial charge in [0.05, 0.1) is 12.1 Å². The van der Waals surface area contributed by atoms with Crippen LogP contribution in [0.5, 0.6) is 0 Å². The lowest BCUT2D eigenvalue weighted by molar-refractivity contribution is 0.0196. The van der Waals surface area contributed by atoms with Crippen molar-refractivity contribution < 1.29 is 4.84 Å². The third-order valence-corrected chi connectivity index (χ3v) is 2.44. The molecule has 2 aromatic rings. The van der Waals surface area contributed by atoms with Crippen molar-refractivity contribution in [1.82, 2.24) is 10.5 Å². The average Bonchev–Trinajstić information content (AvgIpc) is 2.34. The van der Waals surface area contributed by atoms with Gasteiger partial charge >= 0.3 is 0 Å². The fraction of sp³-hybridized carbons (Fsp3) is 0.357. The molecule has 0 atom stereocenters. The molecule has 3 nitrogen and oxygen atoms in total. The molecule has 0 aliphatic rings. The van der Waals surface area contributed by atoms with Crippen LogP contribution in [0.2, 0.25) is 0 Å². The monoisotopic (exact) mass is 230 g/mol. The van der Waals surface area contributed by atoms with Crippen LogP contribution in [0.3, 0.4) is 0 Å². The number of fused-ring (bicyclic) bond motifs is 1. The number of aromatic nitrogens is 1. The number of rotatable bonds is 5. The number of hydrogen-bond acceptors (Lipinski definition) is 3. The van der Waals surface area contributed by atoms with E-state index in [1.165, 1.54) is 0 Å². The zero-order valence-electron chi connectivity index (χ0n) is 10.3. The highest BCUT2D eigenvalue weighted by Gasteiger charge is 1.98. The summed E-state index contributed by atoms with van der Waals surface area (Å²) in [6.07, 6.45) is 1.88. The summed E-state index contributed by atoms with van der Waals surface area (Å²) in [5.74, 6) is 0.539. The van der Waals surface area contributed by atoms with Gasteiger partial charge in [-0.15, -0.1) is 0 Å². The van der Waals surface area contributed by atoms with Crippen molar-refractivity contribution in [2.45, 2.75) is 20.4 Å². The van der Waals surface area contributed by atoms with Gasteiger partial charge in [-0.3, -0.25) is 4.98 Å². The number of nitrogens with one attached hydrogen (secondary N) is 1. The van der Waals surface area contributed by atoms with Gasteiger partial charge in [0.1, 0.15) is 0 Å². The van der Waals surface area contributed by atoms with Crippen molar-refractivity contribution in [3.05, 3.63) is 42.1 Å². The maximum Gasteiger partial charge on any atom is 0.0705 e. The zero-order valence-corrected chi connectivity index (χ0v) is 10.3. The Morgan fingerprint density at radius 1 is 1.29 bits per heavy atom. The molecule has 0 radical (unpaired) electrons. The molecule has 90 valence electrons. The molecular weight excluding hydrogens is 212 g/mol. The molecule has 3 heteroatoms. The van der Waals surface area contributed by atoms with Crippen molar-refractivity contribution in [1.29, 1.82) is 0 Å². The normalized spacial score (nSPS) is 11.2. The first-order chi connectivity index (χ1) is 8.25. The van der Waals surface area contributed by atoms with Crippen LogP contribution >= 0.6 is 0 Å². The van der Waals surface area contributed by atoms with E-state index < -0.39 is 0 Å². The van der Waals surface area contributed by atoms with Gasteiger partial charge in [0.25, 0.3) is 0 Å². The standard InChI is InChI=1S/C14H18N2O/c1-11(2)10-17-16-9-12-7-13-5-3-4-6-14(13)15-8-12/h3-8,11,16H,9-10H2,1-2H3. The zero-order chi connectivity index (χ0) is 12.1. The second-order valence-electron chi connectivity index (χ2n) is 4.56. The molecule has 0 saturated carbocycles. The lowest BCUT2D eigenvalue weighted by Crippen LogP contribution is -2.17. The first-order valence-corrected chi connectivity index (χ1v) is 5.94. The van der Waals surface area contributed by atoms with Gasteiger partial charge in [0.2, 0.25) is 0 Å². The summed E-state index contributed by atoms with van der Waals surface area (Å²) in [6, 6.07) is 10.2. The summed E-state index contributed by atoms with van der Waals surface area (Å²) in [4.78, 5) is 9.73. The summed E-state index contributed by atoms with van der Waals surface area (Å²) in [7, 11) is 0. The average molecular weight is 230 g/mol. The molecule has 0 bridgehead atoms. The highest BCUT2D eigenvalue weighted by molar-refractivity contribution is 5.78. The van der Waals surface area contributed by atoms with Crippen LogP contribution < -0.4 is 5.48 Å². The first kappa shape index (κ1) is 12.0. The second-order valence-corrected chi connectivity index (χ2v) is 4.56. The second kappa shape index (κ2) is 5.75. The lowest BCUT2D eigenvalue weighted by atomic mass is 10.2. The van der Waals surface area contributed by atoms with Crippen molar-refractivity contribution in [2.75, 3.05) is 6.61 Å². The molecule has 17 heavy (non-hydrogen) atoms. The predicted molar refractivity (Wildman–Crippen MR) is 69.4 cm³/mol. The Hall–Kier alpha value is -1.45. The minimum atomic E-state index is 0.539. The van der Waals surface area contributed by atoms with Gasteiger partial charge in [-0.05, 0) is 23.6 Å². The molecule has 0 aliphatic carbocycles. The Morgan fingerprint density at radius 2 is 2.12 bits per heavy atom. The van der Waals surface area contributed by atoms with Crippen LogP contribution in [0, 0.1) is 5.92 Å². The number of para-hydroxylation sites is 1. The van der Waals surface area contributed by atoms with Crippen LogP contribution in [0.25, 0.3) is 10.9 Å². The topological polar surface area (TPSA) is 34.1 Å². The van der Waals surface area contributed by atoms with E-state index in [1.807, 2.05) is 24.4 Å². The van der Waals surface area contributed by atoms with Gasteiger partial charge in [0, 0.05) is 18.1 Å². The maximum atomic E-state index is 5.33. The van der Waals surface area contributed by atoms with Gasteiger partial charge in [0.15, 0.2) is 0 Å². The van der Waals surface area contributed by atoms with E-state index in [9.17, 15) is 0 Å². The Labute approximate surface area is 102 Å². The quantitative estimate of drug-likeness (QED) is 0.633. The molecule has 1 N–H and O–H groups in total. The summed E-state index contributed by atoms with van der Waals surface area (Å²) in [6.45, 7) is 5.66. The van der Waals surface area contributed by atoms with Crippen LogP contribution in [0.4, 0.5) is 0 Å². The number of benzene rings is 1. The SMILES string of the molecule is CC(C)CONCc1cnc2ccccc2c1. The van der Waals surface area contributed by atoms with E-state index in [0.717, 1.165) is 23.1 Å². The van der Waals surface area contributed by atoms with Crippen molar-refractivity contribution in [2.24, 2.45) is 5.92 Å². The molecule has 1 aromatic carbocycles. The number of hydroxylamine groups is 1. The van der Waals surface area contributed by atoms with E-state index in [0.29, 0.717) is 12.5 Å². The van der Waals surface area contributed by atoms with Crippen molar-refractivity contribution in [3.8, 4) is 0 Å². The number of hydrogen-bond donors (Lipinski definition) is 1. The molecular formula is C14H18N2O. The van der Waals surface area contributed by atoms with Gasteiger partial charge in [-0.1, -0.05) is 32.0 Å². The lowest BCUT2D eigenvalue weighted by Gasteiger charge is -2.08. The van der Waals surface area contributed by atoms with Crippen LogP contribution in [-0.4, -0.2) is 11.6 Å². The number of pyridine rings is 1. The Morgan fingerprint density at radius 3 is 2.94 bits per heavy atom. The molecule has 2 rings (SSSR count). The smallest absolute Gasteiger partial charge is 0.0705 e. The predicted octanol–water partition coefficient (Wildman–Crippen LogP) is 2.91. The molecule has 0 spiro atoms. The van der Waals surface area contributed by atoms with Gasteiger partial charge in [-0.25, -0.2) is 0 Å². The Kier molecular flexibility index (Phi) is 4.07. The summed E-state index contributed by atoms with van der Waals surface area (Å²) in [5, 5.41) is 1.16. The highest BCUT2D eigenvalue weighted by atomic mass is 16.6. The fourth-order valence-electron chi connectivity index (χ4n) is 1.57. The van der Waals surface area contributed by atoms with Crippen LogP contribution in [0.1, 0.15) is 19.4 Å². The van der Waals surface area contributed by atoms with Gasteiger partial charge in [-0.2, -0.15) is 5.48 Å². The van der Waals surface area contributed by atoms with Crippen LogP contribution in [-0.2, 0) is 11.4 Å². The number of nitrogens with zero attached hydrogens (tertiary/aromatic N) is 1. The molecule has 0 fully saturated rings. The minimum Gasteiger partial charge on any atom is -0.301 e. The van der Waals surface area contributed by atoms with Crippen LogP contribution in [0.15, 0.2) is 36.5 Å². The summed E-state index contributed by atoms with van der Waals surface area (Å²) in [5.41, 5.74) is 5.12. The fourth-order valence-corrected chi connectivity index (χ4v) is 1.57. The maximum absolute atomic E-state index is 5.33. The van der Waals surface area contributed by atoms with E-state index in [1.54, 1.807) is 0 Å². The first-order valence-electron chi connectivity index (χ1n) is 5.94. The van der Waals surface area contributed by atoms with Gasteiger partial charge < -0.3 is 4.84 Å². The summed E-state index contributed by atoms with van der Waals surface area (Å²) >= 11 is 0. The molecule has 0 aliphatic heterocycles. The Bertz CT molecular complexity index is 482.